The van der Waals surface area contributed by atoms with Gasteiger partial charge in [0.2, 0.25) is 0 Å². The van der Waals surface area contributed by atoms with Gasteiger partial charge in [0.25, 0.3) is 0 Å². The van der Waals surface area contributed by atoms with Crippen molar-refractivity contribution in [3.8, 4) is 6.07 Å². The van der Waals surface area contributed by atoms with Gasteiger partial charge in [-0.25, -0.2) is 0 Å². The van der Waals surface area contributed by atoms with E-state index in [9.17, 15) is 0 Å². The number of rotatable bonds is 2. The van der Waals surface area contributed by atoms with E-state index in [1.54, 1.807) is 6.08 Å². The van der Waals surface area contributed by atoms with Gasteiger partial charge in [-0.1, -0.05) is 13.0 Å². The van der Waals surface area contributed by atoms with E-state index in [-0.39, 0.29) is 6.61 Å². The first-order valence-electron chi connectivity index (χ1n) is 2.55. The minimum atomic E-state index is -0.135. The SMILES string of the molecule is CCC=C(C#N)CO. The molecule has 0 saturated carbocycles. The highest BCUT2D eigenvalue weighted by Gasteiger charge is 1.86. The van der Waals surface area contributed by atoms with E-state index in [0.29, 0.717) is 5.57 Å². The third-order valence-corrected chi connectivity index (χ3v) is 0.764. The smallest absolute Gasteiger partial charge is 0.0968 e. The Morgan fingerprint density at radius 3 is 2.62 bits per heavy atom. The maximum Gasteiger partial charge on any atom is 0.0968 e. The Labute approximate surface area is 49.1 Å². The van der Waals surface area contributed by atoms with Crippen LogP contribution in [0.4, 0.5) is 0 Å². The Kier molecular flexibility index (Phi) is 3.91. The van der Waals surface area contributed by atoms with Crippen molar-refractivity contribution in [3.63, 3.8) is 0 Å². The summed E-state index contributed by atoms with van der Waals surface area (Å²) in [5.74, 6) is 0. The summed E-state index contributed by atoms with van der Waals surface area (Å²) in [4.78, 5) is 0. The number of aliphatic hydroxyl groups is 1. The van der Waals surface area contributed by atoms with Gasteiger partial charge < -0.3 is 5.11 Å². The van der Waals surface area contributed by atoms with Crippen molar-refractivity contribution >= 4 is 0 Å². The van der Waals surface area contributed by atoms with E-state index in [1.165, 1.54) is 0 Å². The van der Waals surface area contributed by atoms with Crippen LogP contribution in [0.3, 0.4) is 0 Å². The molecule has 0 aromatic rings. The monoisotopic (exact) mass is 111 g/mol. The Balaban J connectivity index is 3.72. The number of nitriles is 1. The predicted molar refractivity (Wildman–Crippen MR) is 31.1 cm³/mol. The second-order valence-corrected chi connectivity index (χ2v) is 1.41. The minimum Gasteiger partial charge on any atom is -0.391 e. The lowest BCUT2D eigenvalue weighted by molar-refractivity contribution is 0.335. The number of allylic oxidation sites excluding steroid dienone is 1. The summed E-state index contributed by atoms with van der Waals surface area (Å²) >= 11 is 0. The lowest BCUT2D eigenvalue weighted by atomic mass is 10.2. The highest BCUT2D eigenvalue weighted by atomic mass is 16.3. The van der Waals surface area contributed by atoms with Gasteiger partial charge in [0.15, 0.2) is 0 Å². The van der Waals surface area contributed by atoms with Gasteiger partial charge in [0.1, 0.15) is 0 Å². The van der Waals surface area contributed by atoms with Crippen LogP contribution in [-0.2, 0) is 0 Å². The summed E-state index contributed by atoms with van der Waals surface area (Å²) in [5.41, 5.74) is 0.451. The largest absolute Gasteiger partial charge is 0.391 e. The van der Waals surface area contributed by atoms with Gasteiger partial charge in [-0.15, -0.1) is 0 Å². The molecule has 0 aliphatic carbocycles. The van der Waals surface area contributed by atoms with Crippen molar-refractivity contribution in [2.24, 2.45) is 0 Å². The average molecular weight is 111 g/mol. The summed E-state index contributed by atoms with van der Waals surface area (Å²) in [6, 6.07) is 1.86. The second kappa shape index (κ2) is 4.35. The standard InChI is InChI=1S/C6H9NO/c1-2-3-6(4-7)5-8/h3,8H,2,5H2,1H3. The van der Waals surface area contributed by atoms with Crippen molar-refractivity contribution in [3.05, 3.63) is 11.6 Å². The topological polar surface area (TPSA) is 44.0 Å². The molecule has 0 aromatic heterocycles. The first-order chi connectivity index (χ1) is 3.85. The molecule has 1 N–H and O–H groups in total. The van der Waals surface area contributed by atoms with Crippen LogP contribution in [0.2, 0.25) is 0 Å². The third-order valence-electron chi connectivity index (χ3n) is 0.764. The third kappa shape index (κ3) is 2.38. The molecule has 0 rings (SSSR count). The van der Waals surface area contributed by atoms with Gasteiger partial charge in [-0.05, 0) is 6.42 Å². The fourth-order valence-corrected chi connectivity index (χ4v) is 0.392. The van der Waals surface area contributed by atoms with Gasteiger partial charge in [0, 0.05) is 0 Å². The molecular weight excluding hydrogens is 102 g/mol. The molecule has 0 spiro atoms. The highest BCUT2D eigenvalue weighted by Crippen LogP contribution is 1.90. The lowest BCUT2D eigenvalue weighted by Crippen LogP contribution is -1.84. The fourth-order valence-electron chi connectivity index (χ4n) is 0.392. The quantitative estimate of drug-likeness (QED) is 0.536. The van der Waals surface area contributed by atoms with Crippen LogP contribution < -0.4 is 0 Å². The zero-order valence-corrected chi connectivity index (χ0v) is 4.89. The van der Waals surface area contributed by atoms with Gasteiger partial charge in [0.05, 0.1) is 18.2 Å². The Hall–Kier alpha value is -0.810. The van der Waals surface area contributed by atoms with E-state index in [4.69, 9.17) is 10.4 Å². The molecular formula is C6H9NO. The molecule has 0 amide bonds. The maximum atomic E-state index is 8.37. The van der Waals surface area contributed by atoms with Crippen LogP contribution >= 0.6 is 0 Å². The van der Waals surface area contributed by atoms with Crippen LogP contribution in [-0.4, -0.2) is 11.7 Å². The first-order valence-corrected chi connectivity index (χ1v) is 2.55. The summed E-state index contributed by atoms with van der Waals surface area (Å²) in [7, 11) is 0. The molecule has 0 radical (unpaired) electrons. The second-order valence-electron chi connectivity index (χ2n) is 1.41. The molecule has 0 bridgehead atoms. The minimum absolute atomic E-state index is 0.135. The Bertz CT molecular complexity index is 121. The number of aliphatic hydroxyl groups excluding tert-OH is 1. The van der Waals surface area contributed by atoms with Gasteiger partial charge in [-0.2, -0.15) is 5.26 Å². The molecule has 2 nitrogen and oxygen atoms in total. The highest BCUT2D eigenvalue weighted by molar-refractivity contribution is 5.20. The number of hydrogen-bond donors (Lipinski definition) is 1. The van der Waals surface area contributed by atoms with Gasteiger partial charge in [-0.3, -0.25) is 0 Å². The van der Waals surface area contributed by atoms with Crippen molar-refractivity contribution < 1.29 is 5.11 Å². The van der Waals surface area contributed by atoms with Crippen LogP contribution in [0.1, 0.15) is 13.3 Å². The van der Waals surface area contributed by atoms with E-state index in [2.05, 4.69) is 0 Å². The van der Waals surface area contributed by atoms with Crippen molar-refractivity contribution in [1.29, 1.82) is 5.26 Å². The van der Waals surface area contributed by atoms with Gasteiger partial charge >= 0.3 is 0 Å². The molecule has 0 aliphatic rings. The molecule has 44 valence electrons. The van der Waals surface area contributed by atoms with Crippen LogP contribution in [0.25, 0.3) is 0 Å². The van der Waals surface area contributed by atoms with Crippen LogP contribution in [0.15, 0.2) is 11.6 Å². The number of hydrogen-bond acceptors (Lipinski definition) is 2. The zero-order chi connectivity index (χ0) is 6.41. The summed E-state index contributed by atoms with van der Waals surface area (Å²) < 4.78 is 0. The molecule has 0 aromatic carbocycles. The molecule has 8 heavy (non-hydrogen) atoms. The molecule has 2 heteroatoms. The summed E-state index contributed by atoms with van der Waals surface area (Å²) in [5, 5.41) is 16.5. The molecule has 0 atom stereocenters. The molecule has 0 saturated heterocycles. The zero-order valence-electron chi connectivity index (χ0n) is 4.89. The predicted octanol–water partition coefficient (Wildman–Crippen LogP) is 0.839. The van der Waals surface area contributed by atoms with E-state index < -0.39 is 0 Å². The summed E-state index contributed by atoms with van der Waals surface area (Å²) in [6.07, 6.45) is 2.52. The number of nitrogens with zero attached hydrogens (tertiary/aromatic N) is 1. The molecule has 0 aliphatic heterocycles. The van der Waals surface area contributed by atoms with Crippen LogP contribution in [0.5, 0.6) is 0 Å². The van der Waals surface area contributed by atoms with E-state index >= 15 is 0 Å². The first kappa shape index (κ1) is 7.19. The van der Waals surface area contributed by atoms with Crippen molar-refractivity contribution in [2.75, 3.05) is 6.61 Å². The van der Waals surface area contributed by atoms with E-state index in [1.807, 2.05) is 13.0 Å². The Morgan fingerprint density at radius 1 is 1.88 bits per heavy atom. The normalized spacial score (nSPS) is 10.9. The van der Waals surface area contributed by atoms with Crippen molar-refractivity contribution in [1.82, 2.24) is 0 Å². The molecule has 0 unspecified atom stereocenters. The van der Waals surface area contributed by atoms with Crippen LogP contribution in [0, 0.1) is 11.3 Å². The Morgan fingerprint density at radius 2 is 2.50 bits per heavy atom. The maximum absolute atomic E-state index is 8.37. The van der Waals surface area contributed by atoms with E-state index in [0.717, 1.165) is 6.42 Å². The average Bonchev–Trinajstić information content (AvgIpc) is 1.83. The lowest BCUT2D eigenvalue weighted by Gasteiger charge is -1.84. The summed E-state index contributed by atoms with van der Waals surface area (Å²) in [6.45, 7) is 1.79. The fraction of sp³-hybridized carbons (Fsp3) is 0.500. The van der Waals surface area contributed by atoms with Crippen molar-refractivity contribution in [2.45, 2.75) is 13.3 Å². The molecule has 0 fully saturated rings. The molecule has 0 heterocycles.